The van der Waals surface area contributed by atoms with E-state index in [1.807, 2.05) is 0 Å². The molecule has 0 aliphatic heterocycles. The zero-order chi connectivity index (χ0) is 11.4. The first-order chi connectivity index (χ1) is 7.74. The molecule has 0 spiro atoms. The summed E-state index contributed by atoms with van der Waals surface area (Å²) in [4.78, 5) is 7.88. The van der Waals surface area contributed by atoms with Gasteiger partial charge in [0.25, 0.3) is 0 Å². The fraction of sp³-hybridized carbons (Fsp3) is 0.636. The van der Waals surface area contributed by atoms with Gasteiger partial charge in [-0.15, -0.1) is 0 Å². The Morgan fingerprint density at radius 2 is 2.12 bits per heavy atom. The van der Waals surface area contributed by atoms with Gasteiger partial charge in [0.1, 0.15) is 11.0 Å². The molecule has 1 fully saturated rings. The van der Waals surface area contributed by atoms with Crippen molar-refractivity contribution in [2.24, 2.45) is 5.92 Å². The predicted molar refractivity (Wildman–Crippen MR) is 66.5 cm³/mol. The summed E-state index contributed by atoms with van der Waals surface area (Å²) in [5.41, 5.74) is 5.51. The van der Waals surface area contributed by atoms with Gasteiger partial charge in [-0.2, -0.15) is 4.98 Å². The number of nitrogen functional groups attached to an aromatic ring is 1. The topological polar surface area (TPSA) is 63.8 Å². The molecular formula is C11H17ClN4. The van der Waals surface area contributed by atoms with Crippen molar-refractivity contribution < 1.29 is 0 Å². The van der Waals surface area contributed by atoms with E-state index in [-0.39, 0.29) is 5.95 Å². The molecule has 1 aliphatic carbocycles. The molecule has 0 saturated heterocycles. The second kappa shape index (κ2) is 5.34. The van der Waals surface area contributed by atoms with Gasteiger partial charge in [0, 0.05) is 12.6 Å². The minimum Gasteiger partial charge on any atom is -0.370 e. The SMILES string of the molecule is Nc1nc(Cl)cc(NCCC2CCCC2)n1. The minimum absolute atomic E-state index is 0.218. The van der Waals surface area contributed by atoms with Crippen molar-refractivity contribution >= 4 is 23.4 Å². The van der Waals surface area contributed by atoms with E-state index in [1.165, 1.54) is 32.1 Å². The maximum absolute atomic E-state index is 5.79. The second-order valence-electron chi connectivity index (χ2n) is 4.30. The Morgan fingerprint density at radius 1 is 1.38 bits per heavy atom. The fourth-order valence-corrected chi connectivity index (χ4v) is 2.42. The van der Waals surface area contributed by atoms with Crippen LogP contribution in [0.3, 0.4) is 0 Å². The summed E-state index contributed by atoms with van der Waals surface area (Å²) in [6.45, 7) is 0.928. The molecule has 0 radical (unpaired) electrons. The lowest BCUT2D eigenvalue weighted by molar-refractivity contribution is 0.518. The van der Waals surface area contributed by atoms with Crippen LogP contribution in [0.1, 0.15) is 32.1 Å². The van der Waals surface area contributed by atoms with Crippen LogP contribution in [0.2, 0.25) is 5.15 Å². The van der Waals surface area contributed by atoms with Crippen molar-refractivity contribution in [1.82, 2.24) is 9.97 Å². The molecule has 88 valence electrons. The van der Waals surface area contributed by atoms with Gasteiger partial charge < -0.3 is 11.1 Å². The van der Waals surface area contributed by atoms with Crippen LogP contribution in [0.4, 0.5) is 11.8 Å². The van der Waals surface area contributed by atoms with E-state index < -0.39 is 0 Å². The molecule has 0 aromatic carbocycles. The molecule has 5 heteroatoms. The molecule has 1 saturated carbocycles. The van der Waals surface area contributed by atoms with Crippen LogP contribution in [-0.4, -0.2) is 16.5 Å². The second-order valence-corrected chi connectivity index (χ2v) is 4.69. The summed E-state index contributed by atoms with van der Waals surface area (Å²) in [7, 11) is 0. The average molecular weight is 241 g/mol. The van der Waals surface area contributed by atoms with Gasteiger partial charge >= 0.3 is 0 Å². The van der Waals surface area contributed by atoms with Gasteiger partial charge in [0.15, 0.2) is 0 Å². The average Bonchev–Trinajstić information content (AvgIpc) is 2.69. The highest BCUT2D eigenvalue weighted by Gasteiger charge is 2.14. The molecule has 1 aromatic heterocycles. The number of nitrogens with two attached hydrogens (primary N) is 1. The Hall–Kier alpha value is -1.03. The smallest absolute Gasteiger partial charge is 0.223 e. The standard InChI is InChI=1S/C11H17ClN4/c12-9-7-10(16-11(13)15-9)14-6-5-8-3-1-2-4-8/h7-8H,1-6H2,(H3,13,14,15,16). The molecule has 16 heavy (non-hydrogen) atoms. The Balaban J connectivity index is 1.80. The molecule has 0 amide bonds. The zero-order valence-corrected chi connectivity index (χ0v) is 10.0. The van der Waals surface area contributed by atoms with Crippen LogP contribution in [0.25, 0.3) is 0 Å². The van der Waals surface area contributed by atoms with Crippen LogP contribution in [-0.2, 0) is 0 Å². The van der Waals surface area contributed by atoms with Gasteiger partial charge in [-0.05, 0) is 12.3 Å². The van der Waals surface area contributed by atoms with Gasteiger partial charge in [-0.3, -0.25) is 0 Å². The molecule has 1 aromatic rings. The van der Waals surface area contributed by atoms with Crippen LogP contribution < -0.4 is 11.1 Å². The van der Waals surface area contributed by atoms with E-state index in [9.17, 15) is 0 Å². The molecule has 3 N–H and O–H groups in total. The lowest BCUT2D eigenvalue weighted by Gasteiger charge is -2.10. The van der Waals surface area contributed by atoms with Crippen molar-refractivity contribution in [2.75, 3.05) is 17.6 Å². The summed E-state index contributed by atoms with van der Waals surface area (Å²) in [6, 6.07) is 1.70. The zero-order valence-electron chi connectivity index (χ0n) is 9.25. The number of aromatic nitrogens is 2. The molecule has 1 aliphatic rings. The monoisotopic (exact) mass is 240 g/mol. The van der Waals surface area contributed by atoms with Gasteiger partial charge in [0.05, 0.1) is 0 Å². The van der Waals surface area contributed by atoms with E-state index in [0.29, 0.717) is 5.15 Å². The van der Waals surface area contributed by atoms with Gasteiger partial charge in [-0.25, -0.2) is 4.98 Å². The van der Waals surface area contributed by atoms with E-state index in [1.54, 1.807) is 6.07 Å². The number of hydrogen-bond acceptors (Lipinski definition) is 4. The highest BCUT2D eigenvalue weighted by molar-refractivity contribution is 6.29. The maximum Gasteiger partial charge on any atom is 0.223 e. The maximum atomic E-state index is 5.79. The number of nitrogens with one attached hydrogen (secondary N) is 1. The number of halogens is 1. The third-order valence-corrected chi connectivity index (χ3v) is 3.24. The number of rotatable bonds is 4. The van der Waals surface area contributed by atoms with E-state index in [0.717, 1.165) is 18.3 Å². The first-order valence-corrected chi connectivity index (χ1v) is 6.16. The summed E-state index contributed by atoms with van der Waals surface area (Å²) >= 11 is 5.79. The first-order valence-electron chi connectivity index (χ1n) is 5.78. The van der Waals surface area contributed by atoms with Crippen LogP contribution in [0.5, 0.6) is 0 Å². The lowest BCUT2D eigenvalue weighted by Crippen LogP contribution is -2.09. The molecule has 1 heterocycles. The molecular weight excluding hydrogens is 224 g/mol. The Bertz CT molecular complexity index is 330. The first kappa shape index (κ1) is 11.5. The van der Waals surface area contributed by atoms with Gasteiger partial charge in [-0.1, -0.05) is 37.3 Å². The normalized spacial score (nSPS) is 16.6. The molecule has 0 unspecified atom stereocenters. The van der Waals surface area contributed by atoms with Crippen LogP contribution in [0.15, 0.2) is 6.07 Å². The van der Waals surface area contributed by atoms with Crippen molar-refractivity contribution in [2.45, 2.75) is 32.1 Å². The number of nitrogens with zero attached hydrogens (tertiary/aromatic N) is 2. The van der Waals surface area contributed by atoms with Crippen molar-refractivity contribution in [3.8, 4) is 0 Å². The van der Waals surface area contributed by atoms with Gasteiger partial charge in [0.2, 0.25) is 5.95 Å². The van der Waals surface area contributed by atoms with E-state index >= 15 is 0 Å². The van der Waals surface area contributed by atoms with E-state index in [2.05, 4.69) is 15.3 Å². The van der Waals surface area contributed by atoms with Crippen LogP contribution in [0, 0.1) is 5.92 Å². The fourth-order valence-electron chi connectivity index (χ4n) is 2.23. The number of anilines is 2. The van der Waals surface area contributed by atoms with Crippen LogP contribution >= 0.6 is 11.6 Å². The summed E-state index contributed by atoms with van der Waals surface area (Å²) in [5, 5.41) is 3.62. The predicted octanol–water partition coefficient (Wildman–Crippen LogP) is 2.70. The van der Waals surface area contributed by atoms with Crippen molar-refractivity contribution in [3.05, 3.63) is 11.2 Å². The Morgan fingerprint density at radius 3 is 2.81 bits per heavy atom. The lowest BCUT2D eigenvalue weighted by atomic mass is 10.0. The van der Waals surface area contributed by atoms with E-state index in [4.69, 9.17) is 17.3 Å². The summed E-state index contributed by atoms with van der Waals surface area (Å²) in [6.07, 6.45) is 6.71. The molecule has 0 bridgehead atoms. The van der Waals surface area contributed by atoms with Crippen molar-refractivity contribution in [1.29, 1.82) is 0 Å². The number of hydrogen-bond donors (Lipinski definition) is 2. The molecule has 4 nitrogen and oxygen atoms in total. The third kappa shape index (κ3) is 3.23. The summed E-state index contributed by atoms with van der Waals surface area (Å²) in [5.74, 6) is 1.81. The van der Waals surface area contributed by atoms with Crippen molar-refractivity contribution in [3.63, 3.8) is 0 Å². The third-order valence-electron chi connectivity index (χ3n) is 3.05. The summed E-state index contributed by atoms with van der Waals surface area (Å²) < 4.78 is 0. The quantitative estimate of drug-likeness (QED) is 0.795. The Labute approximate surface area is 101 Å². The highest BCUT2D eigenvalue weighted by Crippen LogP contribution is 2.27. The largest absolute Gasteiger partial charge is 0.370 e. The minimum atomic E-state index is 0.218. The molecule has 0 atom stereocenters. The Kier molecular flexibility index (Phi) is 3.83. The highest BCUT2D eigenvalue weighted by atomic mass is 35.5. The molecule has 2 rings (SSSR count).